The second-order valence-electron chi connectivity index (χ2n) is 5.68. The third-order valence-corrected chi connectivity index (χ3v) is 3.86. The zero-order valence-corrected chi connectivity index (χ0v) is 13.2. The zero-order valence-electron chi connectivity index (χ0n) is 13.2. The van der Waals surface area contributed by atoms with Crippen LogP contribution in [0.4, 0.5) is 9.18 Å². The van der Waals surface area contributed by atoms with Crippen molar-refractivity contribution in [1.29, 1.82) is 0 Å². The summed E-state index contributed by atoms with van der Waals surface area (Å²) in [4.78, 5) is 14.0. The van der Waals surface area contributed by atoms with Crippen LogP contribution >= 0.6 is 0 Å². The van der Waals surface area contributed by atoms with Gasteiger partial charge in [-0.05, 0) is 36.6 Å². The topological polar surface area (TPSA) is 67.4 Å². The van der Waals surface area contributed by atoms with Crippen LogP contribution in [0.1, 0.15) is 18.4 Å². The van der Waals surface area contributed by atoms with Crippen LogP contribution in [0.5, 0.6) is 5.88 Å². The van der Waals surface area contributed by atoms with Crippen LogP contribution in [0.15, 0.2) is 42.6 Å². The number of hydrogen-bond acceptors (Lipinski definition) is 4. The zero-order chi connectivity index (χ0) is 16.8. The maximum absolute atomic E-state index is 12.9. The fourth-order valence-electron chi connectivity index (χ4n) is 2.63. The van der Waals surface area contributed by atoms with Crippen LogP contribution < -0.4 is 10.1 Å². The number of nitrogens with one attached hydrogen (secondary N) is 1. The average Bonchev–Trinajstić information content (AvgIpc) is 2.62. The monoisotopic (exact) mass is 330 g/mol. The van der Waals surface area contributed by atoms with E-state index in [1.54, 1.807) is 35.4 Å². The Labute approximate surface area is 139 Å². The van der Waals surface area contributed by atoms with Crippen molar-refractivity contribution >= 4 is 6.03 Å². The molecule has 2 aromatic rings. The number of aromatic nitrogens is 2. The number of rotatable bonds is 4. The summed E-state index contributed by atoms with van der Waals surface area (Å²) in [6.07, 6.45) is 3.24. The lowest BCUT2D eigenvalue weighted by Gasteiger charge is -2.32. The maximum atomic E-state index is 12.9. The van der Waals surface area contributed by atoms with Crippen molar-refractivity contribution in [3.8, 4) is 5.88 Å². The fraction of sp³-hybridized carbons (Fsp3) is 0.353. The molecule has 0 saturated carbocycles. The minimum Gasteiger partial charge on any atom is -0.471 e. The van der Waals surface area contributed by atoms with Crippen LogP contribution in [0.2, 0.25) is 0 Å². The van der Waals surface area contributed by atoms with Gasteiger partial charge in [0.15, 0.2) is 0 Å². The van der Waals surface area contributed by atoms with Gasteiger partial charge >= 0.3 is 6.03 Å². The molecule has 1 N–H and O–H groups in total. The Kier molecular flexibility index (Phi) is 5.20. The number of likely N-dealkylation sites (tertiary alicyclic amines) is 1. The summed E-state index contributed by atoms with van der Waals surface area (Å²) in [6, 6.07) is 9.45. The molecule has 1 aromatic carbocycles. The quantitative estimate of drug-likeness (QED) is 0.934. The van der Waals surface area contributed by atoms with E-state index in [-0.39, 0.29) is 18.0 Å². The standard InChI is InChI=1S/C17H19FN4O2/c18-14-7-5-13(6-8-14)11-19-17(23)22-10-2-3-15(12-22)24-16-4-1-9-20-21-16/h1,4-9,15H,2-3,10-12H2,(H,19,23)/t15-/m0/s1. The van der Waals surface area contributed by atoms with E-state index in [0.717, 1.165) is 18.4 Å². The summed E-state index contributed by atoms with van der Waals surface area (Å²) < 4.78 is 18.7. The van der Waals surface area contributed by atoms with Crippen molar-refractivity contribution in [2.45, 2.75) is 25.5 Å². The highest BCUT2D eigenvalue weighted by Gasteiger charge is 2.25. The van der Waals surface area contributed by atoms with Gasteiger partial charge in [0.1, 0.15) is 11.9 Å². The van der Waals surface area contributed by atoms with Crippen molar-refractivity contribution in [3.63, 3.8) is 0 Å². The number of carbonyl (C=O) groups is 1. The minimum atomic E-state index is -0.287. The molecule has 1 atom stereocenters. The molecule has 2 amide bonds. The van der Waals surface area contributed by atoms with Gasteiger partial charge < -0.3 is 15.0 Å². The molecule has 0 unspecified atom stereocenters. The second kappa shape index (κ2) is 7.72. The summed E-state index contributed by atoms with van der Waals surface area (Å²) >= 11 is 0. The lowest BCUT2D eigenvalue weighted by molar-refractivity contribution is 0.0969. The predicted octanol–water partition coefficient (Wildman–Crippen LogP) is 2.37. The molecular weight excluding hydrogens is 311 g/mol. The van der Waals surface area contributed by atoms with E-state index in [1.165, 1.54) is 12.1 Å². The van der Waals surface area contributed by atoms with Crippen LogP contribution in [-0.2, 0) is 6.54 Å². The summed E-state index contributed by atoms with van der Waals surface area (Å²) in [5.41, 5.74) is 0.856. The van der Waals surface area contributed by atoms with Crippen molar-refractivity contribution in [2.24, 2.45) is 0 Å². The summed E-state index contributed by atoms with van der Waals surface area (Å²) in [5.74, 6) is 0.182. The number of urea groups is 1. The maximum Gasteiger partial charge on any atom is 0.317 e. The van der Waals surface area contributed by atoms with Crippen molar-refractivity contribution < 1.29 is 13.9 Å². The van der Waals surface area contributed by atoms with E-state index < -0.39 is 0 Å². The Morgan fingerprint density at radius 2 is 2.17 bits per heavy atom. The summed E-state index contributed by atoms with van der Waals surface area (Å²) in [5, 5.41) is 10.5. The SMILES string of the molecule is O=C(NCc1ccc(F)cc1)N1CCC[C@H](Oc2cccnn2)C1. The lowest BCUT2D eigenvalue weighted by Crippen LogP contribution is -2.48. The van der Waals surface area contributed by atoms with Gasteiger partial charge in [0.05, 0.1) is 6.54 Å². The molecule has 0 radical (unpaired) electrons. The molecule has 7 heteroatoms. The van der Waals surface area contributed by atoms with Gasteiger partial charge in [0.25, 0.3) is 0 Å². The highest BCUT2D eigenvalue weighted by Crippen LogP contribution is 2.16. The number of carbonyl (C=O) groups excluding carboxylic acids is 1. The Hall–Kier alpha value is -2.70. The predicted molar refractivity (Wildman–Crippen MR) is 85.9 cm³/mol. The van der Waals surface area contributed by atoms with E-state index in [2.05, 4.69) is 15.5 Å². The highest BCUT2D eigenvalue weighted by atomic mass is 19.1. The van der Waals surface area contributed by atoms with E-state index in [9.17, 15) is 9.18 Å². The van der Waals surface area contributed by atoms with Gasteiger partial charge in [-0.3, -0.25) is 0 Å². The first-order valence-corrected chi connectivity index (χ1v) is 7.92. The minimum absolute atomic E-state index is 0.0907. The molecule has 126 valence electrons. The Balaban J connectivity index is 1.50. The van der Waals surface area contributed by atoms with Crippen molar-refractivity contribution in [2.75, 3.05) is 13.1 Å². The molecule has 1 fully saturated rings. The number of piperidine rings is 1. The number of halogens is 1. The molecule has 1 aliphatic heterocycles. The summed E-state index contributed by atoms with van der Waals surface area (Å²) in [6.45, 7) is 1.56. The molecule has 1 saturated heterocycles. The lowest BCUT2D eigenvalue weighted by atomic mass is 10.1. The molecule has 1 aromatic heterocycles. The first-order valence-electron chi connectivity index (χ1n) is 7.92. The Morgan fingerprint density at radius 3 is 2.92 bits per heavy atom. The first-order chi connectivity index (χ1) is 11.7. The van der Waals surface area contributed by atoms with Crippen LogP contribution in [-0.4, -0.2) is 40.3 Å². The van der Waals surface area contributed by atoms with Crippen LogP contribution in [0, 0.1) is 5.82 Å². The third kappa shape index (κ3) is 4.41. The molecule has 24 heavy (non-hydrogen) atoms. The number of hydrogen-bond donors (Lipinski definition) is 1. The molecule has 1 aliphatic rings. The van der Waals surface area contributed by atoms with Crippen LogP contribution in [0.3, 0.4) is 0 Å². The molecule has 0 aliphatic carbocycles. The molecule has 0 bridgehead atoms. The highest BCUT2D eigenvalue weighted by molar-refractivity contribution is 5.74. The number of nitrogens with zero attached hydrogens (tertiary/aromatic N) is 3. The van der Waals surface area contributed by atoms with E-state index in [1.807, 2.05) is 0 Å². The van der Waals surface area contributed by atoms with Gasteiger partial charge in [-0.1, -0.05) is 12.1 Å². The molecule has 0 spiro atoms. The Bertz CT molecular complexity index is 666. The van der Waals surface area contributed by atoms with Gasteiger partial charge in [0, 0.05) is 25.4 Å². The van der Waals surface area contributed by atoms with E-state index in [4.69, 9.17) is 4.74 Å². The largest absolute Gasteiger partial charge is 0.471 e. The summed E-state index contributed by atoms with van der Waals surface area (Å²) in [7, 11) is 0. The first kappa shape index (κ1) is 16.2. The van der Waals surface area contributed by atoms with Gasteiger partial charge in [-0.15, -0.1) is 5.10 Å². The van der Waals surface area contributed by atoms with Gasteiger partial charge in [-0.25, -0.2) is 9.18 Å². The van der Waals surface area contributed by atoms with E-state index in [0.29, 0.717) is 25.5 Å². The third-order valence-electron chi connectivity index (χ3n) is 3.86. The van der Waals surface area contributed by atoms with Gasteiger partial charge in [-0.2, -0.15) is 5.10 Å². The smallest absolute Gasteiger partial charge is 0.317 e. The molecule has 2 heterocycles. The molecular formula is C17H19FN4O2. The fourth-order valence-corrected chi connectivity index (χ4v) is 2.63. The van der Waals surface area contributed by atoms with Crippen LogP contribution in [0.25, 0.3) is 0 Å². The Morgan fingerprint density at radius 1 is 1.33 bits per heavy atom. The number of benzene rings is 1. The average molecular weight is 330 g/mol. The second-order valence-corrected chi connectivity index (χ2v) is 5.68. The van der Waals surface area contributed by atoms with Gasteiger partial charge in [0.2, 0.25) is 5.88 Å². The normalized spacial score (nSPS) is 17.4. The molecule has 3 rings (SSSR count). The van der Waals surface area contributed by atoms with Crippen molar-refractivity contribution in [3.05, 3.63) is 54.0 Å². The number of ether oxygens (including phenoxy) is 1. The van der Waals surface area contributed by atoms with E-state index >= 15 is 0 Å². The van der Waals surface area contributed by atoms with Crippen molar-refractivity contribution in [1.82, 2.24) is 20.4 Å². The number of amides is 2. The molecule has 6 nitrogen and oxygen atoms in total.